The van der Waals surface area contributed by atoms with Crippen molar-refractivity contribution < 1.29 is 4.74 Å². The van der Waals surface area contributed by atoms with Crippen molar-refractivity contribution in [1.82, 2.24) is 15.6 Å². The minimum absolute atomic E-state index is 0.122. The molecule has 0 saturated heterocycles. The van der Waals surface area contributed by atoms with Crippen molar-refractivity contribution in [2.24, 2.45) is 4.99 Å². The number of rotatable bonds is 9. The predicted octanol–water partition coefficient (Wildman–Crippen LogP) is 2.96. The fraction of sp³-hybridized carbons (Fsp3) is 0.400. The van der Waals surface area contributed by atoms with Crippen LogP contribution < -0.4 is 10.6 Å². The fourth-order valence-corrected chi connectivity index (χ4v) is 2.43. The highest BCUT2D eigenvalue weighted by Crippen LogP contribution is 2.15. The summed E-state index contributed by atoms with van der Waals surface area (Å²) < 4.78 is 5.87. The maximum Gasteiger partial charge on any atom is 0.190 e. The van der Waals surface area contributed by atoms with Gasteiger partial charge in [-0.3, -0.25) is 9.98 Å². The van der Waals surface area contributed by atoms with Gasteiger partial charge in [0.25, 0.3) is 0 Å². The first-order valence-electron chi connectivity index (χ1n) is 8.80. The van der Waals surface area contributed by atoms with Crippen LogP contribution in [0.25, 0.3) is 0 Å². The number of benzene rings is 1. The Hall–Kier alpha value is -2.40. The average Bonchev–Trinajstić information content (AvgIpc) is 2.67. The molecule has 1 unspecified atom stereocenters. The zero-order chi connectivity index (χ0) is 17.7. The normalized spacial score (nSPS) is 12.6. The molecule has 1 aromatic heterocycles. The number of hydrogen-bond donors (Lipinski definition) is 2. The summed E-state index contributed by atoms with van der Waals surface area (Å²) in [5.74, 6) is 0.812. The van der Waals surface area contributed by atoms with Crippen LogP contribution >= 0.6 is 0 Å². The number of nitrogens with one attached hydrogen (secondary N) is 2. The first kappa shape index (κ1) is 18.9. The zero-order valence-electron chi connectivity index (χ0n) is 15.1. The third kappa shape index (κ3) is 7.35. The van der Waals surface area contributed by atoms with Crippen LogP contribution in [0.1, 0.15) is 30.7 Å². The van der Waals surface area contributed by atoms with Crippen molar-refractivity contribution in [3.8, 4) is 0 Å². The minimum atomic E-state index is 0.122. The number of nitrogens with zero attached hydrogens (tertiary/aromatic N) is 2. The van der Waals surface area contributed by atoms with Gasteiger partial charge in [-0.05, 0) is 31.0 Å². The summed E-state index contributed by atoms with van der Waals surface area (Å²) in [5, 5.41) is 6.61. The van der Waals surface area contributed by atoms with Gasteiger partial charge in [-0.25, -0.2) is 0 Å². The standard InChI is InChI=1S/C20H28N4O/c1-17(18-9-4-3-5-10-18)25-16-8-14-23-20(21-2)24-15-12-19-11-6-7-13-22-19/h3-7,9-11,13,17H,8,12,14-16H2,1-2H3,(H2,21,23,24). The smallest absolute Gasteiger partial charge is 0.190 e. The third-order valence-electron chi connectivity index (χ3n) is 3.87. The van der Waals surface area contributed by atoms with Crippen molar-refractivity contribution in [3.63, 3.8) is 0 Å². The second-order valence-electron chi connectivity index (χ2n) is 5.77. The maximum atomic E-state index is 5.87. The van der Waals surface area contributed by atoms with Crippen LogP contribution in [0.2, 0.25) is 0 Å². The predicted molar refractivity (Wildman–Crippen MR) is 103 cm³/mol. The van der Waals surface area contributed by atoms with Gasteiger partial charge in [0, 0.05) is 45.1 Å². The van der Waals surface area contributed by atoms with Crippen LogP contribution in [0, 0.1) is 0 Å². The molecule has 2 N–H and O–H groups in total. The van der Waals surface area contributed by atoms with Crippen molar-refractivity contribution in [3.05, 3.63) is 66.0 Å². The number of aromatic nitrogens is 1. The van der Waals surface area contributed by atoms with Crippen LogP contribution in [0.3, 0.4) is 0 Å². The van der Waals surface area contributed by atoms with Gasteiger partial charge in [-0.2, -0.15) is 0 Å². The molecule has 134 valence electrons. The molecule has 0 aliphatic rings. The fourth-order valence-electron chi connectivity index (χ4n) is 2.43. The Morgan fingerprint density at radius 3 is 2.56 bits per heavy atom. The van der Waals surface area contributed by atoms with Gasteiger partial charge in [-0.1, -0.05) is 36.4 Å². The van der Waals surface area contributed by atoms with Crippen molar-refractivity contribution in [1.29, 1.82) is 0 Å². The molecule has 25 heavy (non-hydrogen) atoms. The van der Waals surface area contributed by atoms with E-state index in [1.54, 1.807) is 7.05 Å². The van der Waals surface area contributed by atoms with E-state index >= 15 is 0 Å². The Labute approximate surface area is 150 Å². The van der Waals surface area contributed by atoms with Gasteiger partial charge in [0.2, 0.25) is 0 Å². The van der Waals surface area contributed by atoms with E-state index in [1.165, 1.54) is 5.56 Å². The molecule has 0 fully saturated rings. The molecule has 0 radical (unpaired) electrons. The van der Waals surface area contributed by atoms with Crippen molar-refractivity contribution >= 4 is 5.96 Å². The first-order valence-corrected chi connectivity index (χ1v) is 8.80. The average molecular weight is 340 g/mol. The lowest BCUT2D eigenvalue weighted by Crippen LogP contribution is -2.39. The van der Waals surface area contributed by atoms with Gasteiger partial charge < -0.3 is 15.4 Å². The quantitative estimate of drug-likeness (QED) is 0.419. The maximum absolute atomic E-state index is 5.87. The molecule has 1 atom stereocenters. The Bertz CT molecular complexity index is 616. The Kier molecular flexibility index (Phi) is 8.49. The monoisotopic (exact) mass is 340 g/mol. The number of ether oxygens (including phenoxy) is 1. The number of pyridine rings is 1. The van der Waals surface area contributed by atoms with E-state index in [0.29, 0.717) is 6.61 Å². The van der Waals surface area contributed by atoms with E-state index in [0.717, 1.165) is 37.6 Å². The molecule has 0 bridgehead atoms. The van der Waals surface area contributed by atoms with Crippen LogP contribution in [-0.4, -0.2) is 37.7 Å². The lowest BCUT2D eigenvalue weighted by Gasteiger charge is -2.14. The second-order valence-corrected chi connectivity index (χ2v) is 5.77. The highest BCUT2D eigenvalue weighted by Gasteiger charge is 2.04. The Morgan fingerprint density at radius 1 is 1.08 bits per heavy atom. The summed E-state index contributed by atoms with van der Waals surface area (Å²) in [4.78, 5) is 8.55. The lowest BCUT2D eigenvalue weighted by molar-refractivity contribution is 0.0646. The molecular weight excluding hydrogens is 312 g/mol. The molecule has 5 nitrogen and oxygen atoms in total. The van der Waals surface area contributed by atoms with Crippen molar-refractivity contribution in [2.45, 2.75) is 25.9 Å². The number of hydrogen-bond acceptors (Lipinski definition) is 3. The van der Waals surface area contributed by atoms with Gasteiger partial charge in [0.15, 0.2) is 5.96 Å². The molecule has 0 spiro atoms. The van der Waals surface area contributed by atoms with E-state index in [1.807, 2.05) is 42.6 Å². The molecule has 0 amide bonds. The molecule has 0 aliphatic carbocycles. The van der Waals surface area contributed by atoms with Gasteiger partial charge in [0.05, 0.1) is 6.10 Å². The Morgan fingerprint density at radius 2 is 1.84 bits per heavy atom. The zero-order valence-corrected chi connectivity index (χ0v) is 15.1. The number of aliphatic imine (C=N–C) groups is 1. The molecule has 2 rings (SSSR count). The van der Waals surface area contributed by atoms with Gasteiger partial charge >= 0.3 is 0 Å². The SMILES string of the molecule is CN=C(NCCCOC(C)c1ccccc1)NCCc1ccccn1. The summed E-state index contributed by atoms with van der Waals surface area (Å²) in [6, 6.07) is 16.3. The molecule has 5 heteroatoms. The first-order chi connectivity index (χ1) is 12.3. The van der Waals surface area contributed by atoms with Crippen LogP contribution in [0.4, 0.5) is 0 Å². The van der Waals surface area contributed by atoms with E-state index in [4.69, 9.17) is 4.74 Å². The molecule has 1 aromatic carbocycles. The van der Waals surface area contributed by atoms with E-state index in [2.05, 4.69) is 39.7 Å². The summed E-state index contributed by atoms with van der Waals surface area (Å²) in [6.07, 6.45) is 3.74. The minimum Gasteiger partial charge on any atom is -0.374 e. The largest absolute Gasteiger partial charge is 0.374 e. The summed E-state index contributed by atoms with van der Waals surface area (Å²) in [5.41, 5.74) is 2.29. The van der Waals surface area contributed by atoms with Crippen LogP contribution in [-0.2, 0) is 11.2 Å². The lowest BCUT2D eigenvalue weighted by atomic mass is 10.1. The second kappa shape index (κ2) is 11.2. The Balaban J connectivity index is 1.56. The summed E-state index contributed by atoms with van der Waals surface area (Å²) in [7, 11) is 1.78. The van der Waals surface area contributed by atoms with Crippen LogP contribution in [0.15, 0.2) is 59.7 Å². The highest BCUT2D eigenvalue weighted by atomic mass is 16.5. The topological polar surface area (TPSA) is 58.5 Å². The highest BCUT2D eigenvalue weighted by molar-refractivity contribution is 5.79. The van der Waals surface area contributed by atoms with Gasteiger partial charge in [0.1, 0.15) is 0 Å². The third-order valence-corrected chi connectivity index (χ3v) is 3.87. The van der Waals surface area contributed by atoms with E-state index in [9.17, 15) is 0 Å². The molecule has 0 aliphatic heterocycles. The van der Waals surface area contributed by atoms with Gasteiger partial charge in [-0.15, -0.1) is 0 Å². The molecule has 1 heterocycles. The molecule has 2 aromatic rings. The molecule has 0 saturated carbocycles. The van der Waals surface area contributed by atoms with Crippen LogP contribution in [0.5, 0.6) is 0 Å². The number of guanidine groups is 1. The van der Waals surface area contributed by atoms with Crippen molar-refractivity contribution in [2.75, 3.05) is 26.7 Å². The van der Waals surface area contributed by atoms with E-state index in [-0.39, 0.29) is 6.10 Å². The summed E-state index contributed by atoms with van der Waals surface area (Å²) in [6.45, 7) is 4.43. The van der Waals surface area contributed by atoms with E-state index < -0.39 is 0 Å². The summed E-state index contributed by atoms with van der Waals surface area (Å²) >= 11 is 0. The molecular formula is C20H28N4O.